The van der Waals surface area contributed by atoms with Gasteiger partial charge in [-0.2, -0.15) is 0 Å². The van der Waals surface area contributed by atoms with Crippen LogP contribution in [-0.4, -0.2) is 10.7 Å². The van der Waals surface area contributed by atoms with Crippen molar-refractivity contribution in [2.75, 3.05) is 0 Å². The average molecular weight is 162 g/mol. The zero-order valence-electron chi connectivity index (χ0n) is 7.27. The lowest BCUT2D eigenvalue weighted by Crippen LogP contribution is -2.26. The van der Waals surface area contributed by atoms with Gasteiger partial charge in [0.15, 0.2) is 0 Å². The van der Waals surface area contributed by atoms with Gasteiger partial charge in [0.2, 0.25) is 0 Å². The average Bonchev–Trinajstić information content (AvgIpc) is 2.60. The molecule has 0 spiro atoms. The Hall–Kier alpha value is -0.560. The van der Waals surface area contributed by atoms with Crippen LogP contribution in [0.4, 0.5) is 0 Å². The second-order valence-electron chi connectivity index (χ2n) is 4.31. The molecule has 0 saturated carbocycles. The van der Waals surface area contributed by atoms with Gasteiger partial charge in [-0.25, -0.2) is 0 Å². The summed E-state index contributed by atoms with van der Waals surface area (Å²) < 4.78 is 0. The van der Waals surface area contributed by atoms with Crippen molar-refractivity contribution in [3.63, 3.8) is 0 Å². The number of rotatable bonds is 0. The predicted octanol–water partition coefficient (Wildman–Crippen LogP) is 2.32. The molecule has 0 amide bonds. The Balaban J connectivity index is 2.12. The molecule has 2 bridgehead atoms. The molecule has 64 valence electrons. The van der Waals surface area contributed by atoms with Gasteiger partial charge in [-0.1, -0.05) is 6.08 Å². The van der Waals surface area contributed by atoms with Crippen LogP contribution in [0.2, 0.25) is 0 Å². The minimum atomic E-state index is -0.412. The Labute approximate surface area is 72.8 Å². The van der Waals surface area contributed by atoms with Gasteiger partial charge in [0, 0.05) is 6.42 Å². The molecule has 1 heteroatoms. The first-order valence-electron chi connectivity index (χ1n) is 4.94. The summed E-state index contributed by atoms with van der Waals surface area (Å²) in [7, 11) is 0. The van der Waals surface area contributed by atoms with E-state index in [1.807, 2.05) is 0 Å². The van der Waals surface area contributed by atoms with E-state index in [-0.39, 0.29) is 0 Å². The van der Waals surface area contributed by atoms with Gasteiger partial charge in [-0.15, -0.1) is 0 Å². The maximum atomic E-state index is 10.2. The van der Waals surface area contributed by atoms with E-state index in [0.717, 1.165) is 19.3 Å². The van der Waals surface area contributed by atoms with Crippen molar-refractivity contribution in [1.29, 1.82) is 0 Å². The van der Waals surface area contributed by atoms with E-state index in [1.165, 1.54) is 36.0 Å². The van der Waals surface area contributed by atoms with Gasteiger partial charge >= 0.3 is 0 Å². The normalized spacial score (nSPS) is 38.6. The molecule has 12 heavy (non-hydrogen) atoms. The lowest BCUT2D eigenvalue weighted by Gasteiger charge is -2.27. The highest BCUT2D eigenvalue weighted by molar-refractivity contribution is 5.53. The standard InChI is InChI=1S/C11H14O/c12-11-6-5-8(7-11)9-3-1-2-4-10(9)11/h5,12H,1-4,6-7H2. The summed E-state index contributed by atoms with van der Waals surface area (Å²) in [5.41, 5.74) is 3.97. The Kier molecular flexibility index (Phi) is 1.16. The van der Waals surface area contributed by atoms with Crippen LogP contribution < -0.4 is 0 Å². The lowest BCUT2D eigenvalue weighted by molar-refractivity contribution is 0.0915. The zero-order valence-corrected chi connectivity index (χ0v) is 7.27. The van der Waals surface area contributed by atoms with Crippen molar-refractivity contribution in [3.05, 3.63) is 22.8 Å². The fourth-order valence-electron chi connectivity index (χ4n) is 2.98. The van der Waals surface area contributed by atoms with Crippen LogP contribution in [0.25, 0.3) is 0 Å². The van der Waals surface area contributed by atoms with Gasteiger partial charge in [-0.3, -0.25) is 0 Å². The minimum absolute atomic E-state index is 0.412. The molecule has 0 aliphatic heterocycles. The Bertz CT molecular complexity index is 298. The molecule has 0 aromatic heterocycles. The summed E-state index contributed by atoms with van der Waals surface area (Å²) in [5, 5.41) is 10.2. The second-order valence-corrected chi connectivity index (χ2v) is 4.31. The van der Waals surface area contributed by atoms with E-state index in [2.05, 4.69) is 6.08 Å². The Morgan fingerprint density at radius 1 is 1.25 bits per heavy atom. The van der Waals surface area contributed by atoms with Crippen LogP contribution in [0.15, 0.2) is 22.8 Å². The summed E-state index contributed by atoms with van der Waals surface area (Å²) in [6.07, 6.45) is 9.05. The number of allylic oxidation sites excluding steroid dienone is 1. The van der Waals surface area contributed by atoms with E-state index in [9.17, 15) is 5.11 Å². The van der Waals surface area contributed by atoms with Crippen LogP contribution >= 0.6 is 0 Å². The molecule has 0 aromatic carbocycles. The Morgan fingerprint density at radius 3 is 2.92 bits per heavy atom. The van der Waals surface area contributed by atoms with Crippen LogP contribution in [-0.2, 0) is 0 Å². The SMILES string of the molecule is OC12CC=C(C1)C1=C2CCCC1. The Morgan fingerprint density at radius 2 is 2.08 bits per heavy atom. The van der Waals surface area contributed by atoms with E-state index < -0.39 is 5.60 Å². The first kappa shape index (κ1) is 6.90. The van der Waals surface area contributed by atoms with Crippen molar-refractivity contribution in [2.24, 2.45) is 0 Å². The maximum Gasteiger partial charge on any atom is 0.0937 e. The molecule has 1 unspecified atom stereocenters. The molecule has 1 atom stereocenters. The van der Waals surface area contributed by atoms with Crippen molar-refractivity contribution in [3.8, 4) is 0 Å². The van der Waals surface area contributed by atoms with E-state index in [0.29, 0.717) is 0 Å². The molecule has 0 heterocycles. The first-order chi connectivity index (χ1) is 5.80. The van der Waals surface area contributed by atoms with Crippen molar-refractivity contribution >= 4 is 0 Å². The van der Waals surface area contributed by atoms with E-state index in [4.69, 9.17) is 0 Å². The predicted molar refractivity (Wildman–Crippen MR) is 47.8 cm³/mol. The van der Waals surface area contributed by atoms with Gasteiger partial charge in [0.05, 0.1) is 5.60 Å². The first-order valence-corrected chi connectivity index (χ1v) is 4.94. The molecule has 0 saturated heterocycles. The molecule has 3 aliphatic rings. The molecular formula is C11H14O. The summed E-state index contributed by atoms with van der Waals surface area (Å²) in [5.74, 6) is 0. The van der Waals surface area contributed by atoms with Gasteiger partial charge in [0.25, 0.3) is 0 Å². The summed E-state index contributed by atoms with van der Waals surface area (Å²) >= 11 is 0. The van der Waals surface area contributed by atoms with Crippen LogP contribution in [0.1, 0.15) is 38.5 Å². The quantitative estimate of drug-likeness (QED) is 0.579. The molecule has 1 nitrogen and oxygen atoms in total. The number of fused-ring (bicyclic) bond motifs is 4. The molecule has 1 N–H and O–H groups in total. The number of hydrogen-bond donors (Lipinski definition) is 1. The summed E-state index contributed by atoms with van der Waals surface area (Å²) in [6, 6.07) is 0. The highest BCUT2D eigenvalue weighted by Gasteiger charge is 2.44. The fraction of sp³-hybridized carbons (Fsp3) is 0.636. The largest absolute Gasteiger partial charge is 0.385 e. The van der Waals surface area contributed by atoms with E-state index >= 15 is 0 Å². The monoisotopic (exact) mass is 162 g/mol. The molecule has 0 radical (unpaired) electrons. The fourth-order valence-corrected chi connectivity index (χ4v) is 2.98. The third-order valence-corrected chi connectivity index (χ3v) is 3.59. The second kappa shape index (κ2) is 2.02. The van der Waals surface area contributed by atoms with Crippen LogP contribution in [0.5, 0.6) is 0 Å². The van der Waals surface area contributed by atoms with Crippen LogP contribution in [0.3, 0.4) is 0 Å². The van der Waals surface area contributed by atoms with E-state index in [1.54, 1.807) is 0 Å². The van der Waals surface area contributed by atoms with Gasteiger partial charge < -0.3 is 5.11 Å². The third-order valence-electron chi connectivity index (χ3n) is 3.59. The maximum absolute atomic E-state index is 10.2. The molecular weight excluding hydrogens is 148 g/mol. The van der Waals surface area contributed by atoms with Gasteiger partial charge in [-0.05, 0) is 48.8 Å². The van der Waals surface area contributed by atoms with Crippen molar-refractivity contribution in [1.82, 2.24) is 0 Å². The molecule has 3 aliphatic carbocycles. The van der Waals surface area contributed by atoms with Crippen LogP contribution in [0, 0.1) is 0 Å². The van der Waals surface area contributed by atoms with Crippen molar-refractivity contribution < 1.29 is 5.11 Å². The third kappa shape index (κ3) is 0.680. The van der Waals surface area contributed by atoms with Gasteiger partial charge in [0.1, 0.15) is 0 Å². The highest BCUT2D eigenvalue weighted by Crippen LogP contribution is 2.52. The number of hydrogen-bond acceptors (Lipinski definition) is 1. The van der Waals surface area contributed by atoms with Crippen molar-refractivity contribution in [2.45, 2.75) is 44.1 Å². The summed E-state index contributed by atoms with van der Waals surface area (Å²) in [6.45, 7) is 0. The number of aliphatic hydroxyl groups is 1. The topological polar surface area (TPSA) is 20.2 Å². The summed E-state index contributed by atoms with van der Waals surface area (Å²) in [4.78, 5) is 0. The zero-order chi connectivity index (χ0) is 8.18. The lowest BCUT2D eigenvalue weighted by atomic mass is 9.83. The smallest absolute Gasteiger partial charge is 0.0937 e. The highest BCUT2D eigenvalue weighted by atomic mass is 16.3. The minimum Gasteiger partial charge on any atom is -0.385 e. The molecule has 3 rings (SSSR count). The molecule has 0 fully saturated rings. The molecule has 0 aromatic rings.